The second-order valence-electron chi connectivity index (χ2n) is 3.05. The molecule has 0 aliphatic carbocycles. The van der Waals surface area contributed by atoms with Crippen LogP contribution in [0.4, 0.5) is 0 Å². The minimum absolute atomic E-state index is 0. The van der Waals surface area contributed by atoms with Gasteiger partial charge in [-0.3, -0.25) is 11.3 Å². The molecule has 0 aromatic heterocycles. The molecule has 1 unspecified atom stereocenters. The zero-order chi connectivity index (χ0) is 8.81. The molecule has 0 aliphatic rings. The van der Waals surface area contributed by atoms with Gasteiger partial charge in [-0.1, -0.05) is 37.3 Å². The van der Waals surface area contributed by atoms with Crippen molar-refractivity contribution in [1.29, 1.82) is 0 Å². The second kappa shape index (κ2) is 6.89. The highest BCUT2D eigenvalue weighted by atomic mass is 35.5. The van der Waals surface area contributed by atoms with Crippen molar-refractivity contribution in [3.8, 4) is 0 Å². The van der Waals surface area contributed by atoms with Gasteiger partial charge < -0.3 is 0 Å². The van der Waals surface area contributed by atoms with Crippen molar-refractivity contribution < 1.29 is 0 Å². The Kier molecular flexibility index (Phi) is 6.59. The van der Waals surface area contributed by atoms with Crippen LogP contribution in [0.2, 0.25) is 0 Å². The monoisotopic (exact) mass is 200 g/mol. The van der Waals surface area contributed by atoms with Crippen LogP contribution in [0.5, 0.6) is 0 Å². The van der Waals surface area contributed by atoms with Gasteiger partial charge in [-0.15, -0.1) is 12.4 Å². The van der Waals surface area contributed by atoms with E-state index in [0.717, 1.165) is 13.0 Å². The molecule has 74 valence electrons. The molecule has 1 rings (SSSR count). The fourth-order valence-electron chi connectivity index (χ4n) is 1.25. The van der Waals surface area contributed by atoms with E-state index in [2.05, 4.69) is 36.6 Å². The van der Waals surface area contributed by atoms with Crippen LogP contribution in [-0.2, 0) is 0 Å². The number of benzene rings is 1. The molecule has 0 aliphatic heterocycles. The van der Waals surface area contributed by atoms with Crippen molar-refractivity contribution in [3.63, 3.8) is 0 Å². The minimum atomic E-state index is 0. The van der Waals surface area contributed by atoms with Crippen molar-refractivity contribution >= 4 is 12.4 Å². The third kappa shape index (κ3) is 4.27. The SMILES string of the molecule is CC(CCNN)c1ccccc1.Cl. The highest BCUT2D eigenvalue weighted by molar-refractivity contribution is 5.85. The molecule has 0 bridgehead atoms. The van der Waals surface area contributed by atoms with Crippen LogP contribution in [0.3, 0.4) is 0 Å². The zero-order valence-electron chi connectivity index (χ0n) is 7.86. The third-order valence-corrected chi connectivity index (χ3v) is 2.09. The normalized spacial score (nSPS) is 11.8. The van der Waals surface area contributed by atoms with E-state index < -0.39 is 0 Å². The van der Waals surface area contributed by atoms with Gasteiger partial charge in [-0.2, -0.15) is 0 Å². The molecule has 1 aromatic rings. The fraction of sp³-hybridized carbons (Fsp3) is 0.400. The standard InChI is InChI=1S/C10H16N2.ClH/c1-9(7-8-12-11)10-5-3-2-4-6-10;/h2-6,9,12H,7-8,11H2,1H3;1H. The summed E-state index contributed by atoms with van der Waals surface area (Å²) in [5.74, 6) is 5.79. The molecule has 0 saturated carbocycles. The summed E-state index contributed by atoms with van der Waals surface area (Å²) < 4.78 is 0. The highest BCUT2D eigenvalue weighted by Gasteiger charge is 2.02. The Balaban J connectivity index is 0.00000144. The molecular formula is C10H17ClN2. The van der Waals surface area contributed by atoms with Gasteiger partial charge >= 0.3 is 0 Å². The molecule has 3 heteroatoms. The fourth-order valence-corrected chi connectivity index (χ4v) is 1.25. The Hall–Kier alpha value is -0.570. The maximum atomic E-state index is 5.20. The molecule has 1 aromatic carbocycles. The Morgan fingerprint density at radius 1 is 1.31 bits per heavy atom. The molecule has 3 N–H and O–H groups in total. The maximum absolute atomic E-state index is 5.20. The van der Waals surface area contributed by atoms with E-state index in [-0.39, 0.29) is 12.4 Å². The smallest absolute Gasteiger partial charge is 0.0103 e. The van der Waals surface area contributed by atoms with Crippen LogP contribution in [-0.4, -0.2) is 6.54 Å². The van der Waals surface area contributed by atoms with Gasteiger partial charge in [0.2, 0.25) is 0 Å². The van der Waals surface area contributed by atoms with Gasteiger partial charge in [0.25, 0.3) is 0 Å². The topological polar surface area (TPSA) is 38.0 Å². The summed E-state index contributed by atoms with van der Waals surface area (Å²) in [6.07, 6.45) is 1.08. The van der Waals surface area contributed by atoms with E-state index in [1.165, 1.54) is 5.56 Å². The Labute approximate surface area is 85.9 Å². The van der Waals surface area contributed by atoms with Gasteiger partial charge in [-0.25, -0.2) is 0 Å². The predicted octanol–water partition coefficient (Wildman–Crippen LogP) is 2.07. The second-order valence-corrected chi connectivity index (χ2v) is 3.05. The first-order chi connectivity index (χ1) is 5.84. The van der Waals surface area contributed by atoms with Crippen molar-refractivity contribution in [2.45, 2.75) is 19.3 Å². The number of halogens is 1. The number of hydrogen-bond donors (Lipinski definition) is 2. The van der Waals surface area contributed by atoms with Crippen LogP contribution < -0.4 is 11.3 Å². The number of nitrogens with two attached hydrogens (primary N) is 1. The average molecular weight is 201 g/mol. The quantitative estimate of drug-likeness (QED) is 0.577. The number of rotatable bonds is 4. The lowest BCUT2D eigenvalue weighted by molar-refractivity contribution is 0.611. The Bertz CT molecular complexity index is 213. The molecule has 1 atom stereocenters. The zero-order valence-corrected chi connectivity index (χ0v) is 8.68. The van der Waals surface area contributed by atoms with E-state index in [0.29, 0.717) is 5.92 Å². The summed E-state index contributed by atoms with van der Waals surface area (Å²) in [4.78, 5) is 0. The van der Waals surface area contributed by atoms with E-state index in [1.807, 2.05) is 6.07 Å². The maximum Gasteiger partial charge on any atom is 0.0103 e. The van der Waals surface area contributed by atoms with Gasteiger partial charge in [-0.05, 0) is 17.9 Å². The van der Waals surface area contributed by atoms with E-state index in [1.54, 1.807) is 0 Å². The van der Waals surface area contributed by atoms with E-state index >= 15 is 0 Å². The number of hydrogen-bond acceptors (Lipinski definition) is 2. The lowest BCUT2D eigenvalue weighted by Crippen LogP contribution is -2.23. The first-order valence-corrected chi connectivity index (χ1v) is 4.33. The lowest BCUT2D eigenvalue weighted by atomic mass is 9.98. The molecule has 0 spiro atoms. The average Bonchev–Trinajstić information content (AvgIpc) is 2.15. The van der Waals surface area contributed by atoms with E-state index in [4.69, 9.17) is 5.84 Å². The van der Waals surface area contributed by atoms with E-state index in [9.17, 15) is 0 Å². The molecule has 2 nitrogen and oxygen atoms in total. The minimum Gasteiger partial charge on any atom is -0.271 e. The molecule has 0 radical (unpaired) electrons. The van der Waals surface area contributed by atoms with Crippen molar-refractivity contribution in [2.24, 2.45) is 5.84 Å². The molecule has 0 amide bonds. The van der Waals surface area contributed by atoms with Crippen molar-refractivity contribution in [3.05, 3.63) is 35.9 Å². The van der Waals surface area contributed by atoms with Gasteiger partial charge in [0.1, 0.15) is 0 Å². The Morgan fingerprint density at radius 2 is 1.92 bits per heavy atom. The third-order valence-electron chi connectivity index (χ3n) is 2.09. The first kappa shape index (κ1) is 12.4. The summed E-state index contributed by atoms with van der Waals surface area (Å²) in [5.41, 5.74) is 4.05. The van der Waals surface area contributed by atoms with Crippen LogP contribution in [0.15, 0.2) is 30.3 Å². The molecule has 0 fully saturated rings. The van der Waals surface area contributed by atoms with Crippen LogP contribution in [0.1, 0.15) is 24.8 Å². The summed E-state index contributed by atoms with van der Waals surface area (Å²) in [5, 5.41) is 0. The van der Waals surface area contributed by atoms with Crippen molar-refractivity contribution in [1.82, 2.24) is 5.43 Å². The summed E-state index contributed by atoms with van der Waals surface area (Å²) in [7, 11) is 0. The van der Waals surface area contributed by atoms with Gasteiger partial charge in [0.05, 0.1) is 0 Å². The van der Waals surface area contributed by atoms with Crippen LogP contribution >= 0.6 is 12.4 Å². The van der Waals surface area contributed by atoms with Crippen LogP contribution in [0, 0.1) is 0 Å². The number of hydrazine groups is 1. The predicted molar refractivity (Wildman–Crippen MR) is 58.9 cm³/mol. The van der Waals surface area contributed by atoms with Crippen LogP contribution in [0.25, 0.3) is 0 Å². The summed E-state index contributed by atoms with van der Waals surface area (Å²) in [6.45, 7) is 3.09. The molecule has 0 saturated heterocycles. The molecule has 0 heterocycles. The summed E-state index contributed by atoms with van der Waals surface area (Å²) in [6, 6.07) is 10.5. The largest absolute Gasteiger partial charge is 0.271 e. The Morgan fingerprint density at radius 3 is 2.46 bits per heavy atom. The van der Waals surface area contributed by atoms with Gasteiger partial charge in [0.15, 0.2) is 0 Å². The molecular weight excluding hydrogens is 184 g/mol. The van der Waals surface area contributed by atoms with Gasteiger partial charge in [0, 0.05) is 6.54 Å². The first-order valence-electron chi connectivity index (χ1n) is 4.33. The molecule has 13 heavy (non-hydrogen) atoms. The van der Waals surface area contributed by atoms with Crippen molar-refractivity contribution in [2.75, 3.05) is 6.54 Å². The summed E-state index contributed by atoms with van der Waals surface area (Å²) >= 11 is 0. The lowest BCUT2D eigenvalue weighted by Gasteiger charge is -2.10. The highest BCUT2D eigenvalue weighted by Crippen LogP contribution is 2.16. The number of nitrogens with one attached hydrogen (secondary N) is 1.